The SMILES string of the molecule is CC/C(C)=C(\Cl)CCl. The van der Waals surface area contributed by atoms with Crippen LogP contribution in [0.2, 0.25) is 0 Å². The van der Waals surface area contributed by atoms with Gasteiger partial charge in [0.25, 0.3) is 0 Å². The van der Waals surface area contributed by atoms with E-state index in [9.17, 15) is 0 Å². The lowest BCUT2D eigenvalue weighted by atomic mass is 10.2. The summed E-state index contributed by atoms with van der Waals surface area (Å²) in [6, 6.07) is 0. The van der Waals surface area contributed by atoms with E-state index < -0.39 is 0 Å². The van der Waals surface area contributed by atoms with Gasteiger partial charge in [0.1, 0.15) is 0 Å². The third kappa shape index (κ3) is 2.58. The number of rotatable bonds is 2. The molecule has 0 nitrogen and oxygen atoms in total. The number of halogens is 2. The van der Waals surface area contributed by atoms with Crippen LogP contribution in [0, 0.1) is 0 Å². The van der Waals surface area contributed by atoms with Crippen LogP contribution in [0.4, 0.5) is 0 Å². The molecular formula is C6H10Cl2. The number of alkyl halides is 1. The third-order valence-electron chi connectivity index (χ3n) is 1.11. The maximum absolute atomic E-state index is 5.66. The molecule has 0 heterocycles. The van der Waals surface area contributed by atoms with Crippen LogP contribution in [0.15, 0.2) is 10.6 Å². The lowest BCUT2D eigenvalue weighted by molar-refractivity contribution is 1.08. The molecular weight excluding hydrogens is 143 g/mol. The van der Waals surface area contributed by atoms with Crippen molar-refractivity contribution in [3.8, 4) is 0 Å². The molecule has 0 spiro atoms. The second-order valence-electron chi connectivity index (χ2n) is 1.67. The highest BCUT2D eigenvalue weighted by molar-refractivity contribution is 6.36. The van der Waals surface area contributed by atoms with Crippen molar-refractivity contribution in [2.45, 2.75) is 20.3 Å². The molecule has 0 unspecified atom stereocenters. The predicted octanol–water partition coefficient (Wildman–Crippen LogP) is 3.15. The molecule has 2 heteroatoms. The fourth-order valence-electron chi connectivity index (χ4n) is 0.306. The Hall–Kier alpha value is 0.320. The van der Waals surface area contributed by atoms with E-state index in [-0.39, 0.29) is 0 Å². The second-order valence-corrected chi connectivity index (χ2v) is 2.40. The lowest BCUT2D eigenvalue weighted by Gasteiger charge is -1.95. The molecule has 0 aliphatic rings. The van der Waals surface area contributed by atoms with Crippen LogP contribution >= 0.6 is 23.2 Å². The number of hydrogen-bond acceptors (Lipinski definition) is 0. The molecule has 0 aromatic heterocycles. The highest BCUT2D eigenvalue weighted by Crippen LogP contribution is 2.12. The quantitative estimate of drug-likeness (QED) is 0.534. The topological polar surface area (TPSA) is 0 Å². The molecule has 0 aromatic carbocycles. The summed E-state index contributed by atoms with van der Waals surface area (Å²) in [6.45, 7) is 4.05. The predicted molar refractivity (Wildman–Crippen MR) is 39.6 cm³/mol. The van der Waals surface area contributed by atoms with E-state index in [4.69, 9.17) is 23.2 Å². The minimum Gasteiger partial charge on any atom is -0.121 e. The van der Waals surface area contributed by atoms with Crippen LogP contribution in [-0.4, -0.2) is 5.88 Å². The summed E-state index contributed by atoms with van der Waals surface area (Å²) >= 11 is 11.1. The van der Waals surface area contributed by atoms with E-state index in [1.807, 2.05) is 6.92 Å². The summed E-state index contributed by atoms with van der Waals surface area (Å²) in [6.07, 6.45) is 0.992. The molecule has 0 N–H and O–H groups in total. The molecule has 0 fully saturated rings. The molecule has 0 amide bonds. The molecule has 0 atom stereocenters. The van der Waals surface area contributed by atoms with Crippen LogP contribution in [-0.2, 0) is 0 Å². The summed E-state index contributed by atoms with van der Waals surface area (Å²) in [7, 11) is 0. The van der Waals surface area contributed by atoms with Crippen LogP contribution in [0.25, 0.3) is 0 Å². The van der Waals surface area contributed by atoms with Crippen molar-refractivity contribution in [1.82, 2.24) is 0 Å². The van der Waals surface area contributed by atoms with Crippen molar-refractivity contribution in [2.24, 2.45) is 0 Å². The molecule has 48 valence electrons. The van der Waals surface area contributed by atoms with Crippen LogP contribution in [0.1, 0.15) is 20.3 Å². The average molecular weight is 153 g/mol. The molecule has 0 bridgehead atoms. The van der Waals surface area contributed by atoms with E-state index in [1.165, 1.54) is 5.57 Å². The summed E-state index contributed by atoms with van der Waals surface area (Å²) in [5, 5.41) is 0.786. The van der Waals surface area contributed by atoms with Crippen LogP contribution < -0.4 is 0 Å². The number of hydrogen-bond donors (Lipinski definition) is 0. The highest BCUT2D eigenvalue weighted by Gasteiger charge is 1.92. The first-order chi connectivity index (χ1) is 3.72. The smallest absolute Gasteiger partial charge is 0.0581 e. The zero-order chi connectivity index (χ0) is 6.57. The Balaban J connectivity index is 3.83. The molecule has 0 saturated carbocycles. The van der Waals surface area contributed by atoms with Crippen molar-refractivity contribution in [3.05, 3.63) is 10.6 Å². The summed E-state index contributed by atoms with van der Waals surface area (Å²) < 4.78 is 0. The first kappa shape index (κ1) is 8.32. The van der Waals surface area contributed by atoms with Gasteiger partial charge in [0, 0.05) is 5.03 Å². The van der Waals surface area contributed by atoms with Gasteiger partial charge in [0.2, 0.25) is 0 Å². The maximum atomic E-state index is 5.66. The monoisotopic (exact) mass is 152 g/mol. The first-order valence-corrected chi connectivity index (χ1v) is 3.53. The van der Waals surface area contributed by atoms with Gasteiger partial charge < -0.3 is 0 Å². The first-order valence-electron chi connectivity index (χ1n) is 2.62. The third-order valence-corrected chi connectivity index (χ3v) is 1.97. The Labute approximate surface area is 60.5 Å². The molecule has 0 radical (unpaired) electrons. The van der Waals surface area contributed by atoms with Crippen molar-refractivity contribution in [3.63, 3.8) is 0 Å². The summed E-state index contributed by atoms with van der Waals surface area (Å²) in [5.74, 6) is 0.446. The van der Waals surface area contributed by atoms with Crippen molar-refractivity contribution >= 4 is 23.2 Å². The van der Waals surface area contributed by atoms with Gasteiger partial charge in [-0.2, -0.15) is 0 Å². The molecule has 0 saturated heterocycles. The second kappa shape index (κ2) is 4.22. The summed E-state index contributed by atoms with van der Waals surface area (Å²) in [4.78, 5) is 0. The van der Waals surface area contributed by atoms with Gasteiger partial charge in [-0.1, -0.05) is 24.1 Å². The fraction of sp³-hybridized carbons (Fsp3) is 0.667. The normalized spacial score (nSPS) is 13.5. The molecule has 8 heavy (non-hydrogen) atoms. The standard InChI is InChI=1S/C6H10Cl2/c1-3-5(2)6(8)4-7/h3-4H2,1-2H3/b6-5-. The van der Waals surface area contributed by atoms with Gasteiger partial charge >= 0.3 is 0 Å². The van der Waals surface area contributed by atoms with Gasteiger partial charge in [-0.05, 0) is 13.3 Å². The van der Waals surface area contributed by atoms with E-state index >= 15 is 0 Å². The Morgan fingerprint density at radius 2 is 2.00 bits per heavy atom. The van der Waals surface area contributed by atoms with Crippen LogP contribution in [0.3, 0.4) is 0 Å². The van der Waals surface area contributed by atoms with Crippen molar-refractivity contribution in [1.29, 1.82) is 0 Å². The minimum absolute atomic E-state index is 0.446. The lowest BCUT2D eigenvalue weighted by Crippen LogP contribution is -1.79. The highest BCUT2D eigenvalue weighted by atomic mass is 35.5. The molecule has 0 aliphatic carbocycles. The maximum Gasteiger partial charge on any atom is 0.0581 e. The molecule has 0 aromatic rings. The van der Waals surface area contributed by atoms with E-state index in [0.29, 0.717) is 5.88 Å². The van der Waals surface area contributed by atoms with E-state index in [1.54, 1.807) is 0 Å². The molecule has 0 rings (SSSR count). The largest absolute Gasteiger partial charge is 0.121 e. The van der Waals surface area contributed by atoms with Crippen molar-refractivity contribution < 1.29 is 0 Å². The van der Waals surface area contributed by atoms with Crippen LogP contribution in [0.5, 0.6) is 0 Å². The van der Waals surface area contributed by atoms with E-state index in [2.05, 4.69) is 6.92 Å². The van der Waals surface area contributed by atoms with Gasteiger partial charge in [-0.25, -0.2) is 0 Å². The zero-order valence-corrected chi connectivity index (χ0v) is 6.68. The Bertz CT molecular complexity index is 82.7. The molecule has 0 aliphatic heterocycles. The summed E-state index contributed by atoms with van der Waals surface area (Å²) in [5.41, 5.74) is 1.18. The van der Waals surface area contributed by atoms with Gasteiger partial charge in [0.15, 0.2) is 0 Å². The zero-order valence-electron chi connectivity index (χ0n) is 5.17. The van der Waals surface area contributed by atoms with E-state index in [0.717, 1.165) is 11.5 Å². The van der Waals surface area contributed by atoms with Gasteiger partial charge in [0.05, 0.1) is 5.88 Å². The Morgan fingerprint density at radius 1 is 1.50 bits per heavy atom. The Kier molecular flexibility index (Phi) is 4.39. The minimum atomic E-state index is 0.446. The fourth-order valence-corrected chi connectivity index (χ4v) is 0.668. The average Bonchev–Trinajstić information content (AvgIpc) is 1.84. The van der Waals surface area contributed by atoms with Gasteiger partial charge in [-0.15, -0.1) is 11.6 Å². The Morgan fingerprint density at radius 3 is 2.12 bits per heavy atom. The van der Waals surface area contributed by atoms with Crippen molar-refractivity contribution in [2.75, 3.05) is 5.88 Å². The number of allylic oxidation sites excluding steroid dienone is 2. The van der Waals surface area contributed by atoms with Gasteiger partial charge in [-0.3, -0.25) is 0 Å².